The molecule has 0 bridgehead atoms. The van der Waals surface area contributed by atoms with Gasteiger partial charge in [-0.1, -0.05) is 54.6 Å². The maximum atomic E-state index is 12.6. The molecule has 7 nitrogen and oxygen atoms in total. The Morgan fingerprint density at radius 3 is 2.52 bits per heavy atom. The lowest BCUT2D eigenvalue weighted by molar-refractivity contribution is -0.123. The molecule has 3 aromatic rings. The second-order valence-corrected chi connectivity index (χ2v) is 7.89. The summed E-state index contributed by atoms with van der Waals surface area (Å²) in [5.41, 5.74) is 2.78. The molecule has 0 spiro atoms. The minimum absolute atomic E-state index is 0.280. The van der Waals surface area contributed by atoms with Gasteiger partial charge < -0.3 is 20.7 Å². The molecule has 1 aliphatic rings. The van der Waals surface area contributed by atoms with Crippen LogP contribution in [0.15, 0.2) is 78.9 Å². The fraction of sp³-hybridized carbons (Fsp3) is 0.192. The molecule has 0 saturated carbocycles. The lowest BCUT2D eigenvalue weighted by Gasteiger charge is -2.15. The van der Waals surface area contributed by atoms with E-state index < -0.39 is 18.1 Å². The molecule has 3 N–H and O–H groups in total. The van der Waals surface area contributed by atoms with Gasteiger partial charge in [0.25, 0.3) is 11.8 Å². The van der Waals surface area contributed by atoms with Crippen molar-refractivity contribution < 1.29 is 19.1 Å². The predicted octanol–water partition coefficient (Wildman–Crippen LogP) is 3.06. The summed E-state index contributed by atoms with van der Waals surface area (Å²) in [5, 5.41) is 8.30. The molecule has 0 radical (unpaired) electrons. The van der Waals surface area contributed by atoms with Crippen LogP contribution in [0.1, 0.15) is 28.4 Å². The van der Waals surface area contributed by atoms with E-state index in [0.717, 1.165) is 11.1 Å². The number of carbonyl (C=O) groups excluding carboxylic acids is 3. The van der Waals surface area contributed by atoms with Gasteiger partial charge in [-0.3, -0.25) is 14.4 Å². The van der Waals surface area contributed by atoms with Crippen LogP contribution in [0, 0.1) is 0 Å². The summed E-state index contributed by atoms with van der Waals surface area (Å²) in [4.78, 5) is 37.6. The Morgan fingerprint density at radius 1 is 0.970 bits per heavy atom. The van der Waals surface area contributed by atoms with E-state index in [-0.39, 0.29) is 11.8 Å². The number of benzene rings is 3. The molecule has 1 heterocycles. The first-order valence-electron chi connectivity index (χ1n) is 10.8. The van der Waals surface area contributed by atoms with Crippen LogP contribution in [0.4, 0.5) is 5.69 Å². The van der Waals surface area contributed by atoms with Gasteiger partial charge in [0.2, 0.25) is 5.91 Å². The number of anilines is 1. The van der Waals surface area contributed by atoms with Gasteiger partial charge >= 0.3 is 0 Å². The zero-order chi connectivity index (χ0) is 23.2. The third kappa shape index (κ3) is 5.57. The van der Waals surface area contributed by atoms with Crippen LogP contribution >= 0.6 is 0 Å². The molecule has 4 rings (SSSR count). The number of fused-ring (bicyclic) bond motifs is 1. The SMILES string of the molecule is CC(NC(=O)c1cccc(NC(=O)C2Cc3ccccc3O2)c1)C(=O)NCc1ccccc1. The van der Waals surface area contributed by atoms with Crippen LogP contribution < -0.4 is 20.7 Å². The Bertz CT molecular complexity index is 1140. The largest absolute Gasteiger partial charge is 0.480 e. The van der Waals surface area contributed by atoms with E-state index in [0.29, 0.717) is 30.0 Å². The number of hydrogen-bond donors (Lipinski definition) is 3. The molecule has 0 fully saturated rings. The molecule has 1 aliphatic heterocycles. The summed E-state index contributed by atoms with van der Waals surface area (Å²) in [6, 6.07) is 22.9. The van der Waals surface area contributed by atoms with Gasteiger partial charge in [-0.05, 0) is 42.3 Å². The van der Waals surface area contributed by atoms with Crippen molar-refractivity contribution in [1.29, 1.82) is 0 Å². The standard InChI is InChI=1S/C26H25N3O4/c1-17(24(30)27-16-18-8-3-2-4-9-18)28-25(31)20-11-7-12-21(14-20)29-26(32)23-15-19-10-5-6-13-22(19)33-23/h2-14,17,23H,15-16H2,1H3,(H,27,30)(H,28,31)(H,29,32). The Labute approximate surface area is 192 Å². The van der Waals surface area contributed by atoms with E-state index >= 15 is 0 Å². The van der Waals surface area contributed by atoms with Crippen molar-refractivity contribution in [2.75, 3.05) is 5.32 Å². The van der Waals surface area contributed by atoms with Crippen LogP contribution in [0.25, 0.3) is 0 Å². The summed E-state index contributed by atoms with van der Waals surface area (Å²) >= 11 is 0. The first-order valence-corrected chi connectivity index (χ1v) is 10.8. The predicted molar refractivity (Wildman–Crippen MR) is 125 cm³/mol. The Hall–Kier alpha value is -4.13. The van der Waals surface area contributed by atoms with Gasteiger partial charge in [0, 0.05) is 24.2 Å². The second-order valence-electron chi connectivity index (χ2n) is 7.89. The zero-order valence-corrected chi connectivity index (χ0v) is 18.2. The highest BCUT2D eigenvalue weighted by Crippen LogP contribution is 2.28. The highest BCUT2D eigenvalue weighted by atomic mass is 16.5. The van der Waals surface area contributed by atoms with Crippen molar-refractivity contribution in [3.8, 4) is 5.75 Å². The zero-order valence-electron chi connectivity index (χ0n) is 18.2. The summed E-state index contributed by atoms with van der Waals surface area (Å²) < 4.78 is 5.72. The van der Waals surface area contributed by atoms with Gasteiger partial charge in [0.1, 0.15) is 11.8 Å². The monoisotopic (exact) mass is 443 g/mol. The molecule has 3 amide bonds. The molecule has 0 aliphatic carbocycles. The van der Waals surface area contributed by atoms with E-state index in [1.54, 1.807) is 31.2 Å². The highest BCUT2D eigenvalue weighted by Gasteiger charge is 2.29. The van der Waals surface area contributed by atoms with E-state index in [4.69, 9.17) is 4.74 Å². The molecule has 33 heavy (non-hydrogen) atoms. The van der Waals surface area contributed by atoms with Crippen LogP contribution in [0.2, 0.25) is 0 Å². The van der Waals surface area contributed by atoms with Crippen LogP contribution in [-0.4, -0.2) is 29.9 Å². The molecule has 2 unspecified atom stereocenters. The molecule has 2 atom stereocenters. The third-order valence-electron chi connectivity index (χ3n) is 5.38. The molecule has 0 aromatic heterocycles. The first kappa shape index (κ1) is 22.1. The third-order valence-corrected chi connectivity index (χ3v) is 5.38. The number of amides is 3. The Balaban J connectivity index is 1.31. The molecular weight excluding hydrogens is 418 g/mol. The van der Waals surface area contributed by atoms with Crippen molar-refractivity contribution in [2.45, 2.75) is 32.0 Å². The topological polar surface area (TPSA) is 96.5 Å². The molecule has 168 valence electrons. The van der Waals surface area contributed by atoms with Crippen molar-refractivity contribution in [1.82, 2.24) is 10.6 Å². The summed E-state index contributed by atoms with van der Waals surface area (Å²) in [6.07, 6.45) is -0.120. The van der Waals surface area contributed by atoms with Gasteiger partial charge in [0.15, 0.2) is 6.10 Å². The van der Waals surface area contributed by atoms with Crippen LogP contribution in [0.5, 0.6) is 5.75 Å². The van der Waals surface area contributed by atoms with Crippen LogP contribution in [0.3, 0.4) is 0 Å². The summed E-state index contributed by atoms with van der Waals surface area (Å²) in [5.74, 6) is -0.254. The van der Waals surface area contributed by atoms with Gasteiger partial charge in [-0.25, -0.2) is 0 Å². The Morgan fingerprint density at radius 2 is 1.73 bits per heavy atom. The van der Waals surface area contributed by atoms with Crippen molar-refractivity contribution >= 4 is 23.4 Å². The lowest BCUT2D eigenvalue weighted by atomic mass is 10.1. The quantitative estimate of drug-likeness (QED) is 0.523. The van der Waals surface area contributed by atoms with E-state index in [2.05, 4.69) is 16.0 Å². The van der Waals surface area contributed by atoms with Crippen molar-refractivity contribution in [2.24, 2.45) is 0 Å². The summed E-state index contributed by atoms with van der Waals surface area (Å²) in [7, 11) is 0. The highest BCUT2D eigenvalue weighted by molar-refractivity contribution is 6.00. The molecule has 0 saturated heterocycles. The number of rotatable bonds is 7. The smallest absolute Gasteiger partial charge is 0.265 e. The van der Waals surface area contributed by atoms with Crippen molar-refractivity contribution in [3.63, 3.8) is 0 Å². The average Bonchev–Trinajstić information content (AvgIpc) is 3.28. The second kappa shape index (κ2) is 9.99. The number of para-hydroxylation sites is 1. The molecular formula is C26H25N3O4. The van der Waals surface area contributed by atoms with E-state index in [1.807, 2.05) is 54.6 Å². The normalized spacial score (nSPS) is 15.0. The van der Waals surface area contributed by atoms with E-state index in [9.17, 15) is 14.4 Å². The fourth-order valence-corrected chi connectivity index (χ4v) is 3.57. The van der Waals surface area contributed by atoms with Crippen molar-refractivity contribution in [3.05, 3.63) is 95.6 Å². The van der Waals surface area contributed by atoms with Gasteiger partial charge in [-0.15, -0.1) is 0 Å². The number of nitrogens with one attached hydrogen (secondary N) is 3. The molecule has 7 heteroatoms. The number of hydrogen-bond acceptors (Lipinski definition) is 4. The fourth-order valence-electron chi connectivity index (χ4n) is 3.57. The van der Waals surface area contributed by atoms with Crippen LogP contribution in [-0.2, 0) is 22.6 Å². The minimum Gasteiger partial charge on any atom is -0.480 e. The first-order chi connectivity index (χ1) is 16.0. The minimum atomic E-state index is -0.718. The number of ether oxygens (including phenoxy) is 1. The van der Waals surface area contributed by atoms with Gasteiger partial charge in [-0.2, -0.15) is 0 Å². The maximum Gasteiger partial charge on any atom is 0.265 e. The summed E-state index contributed by atoms with van der Waals surface area (Å²) in [6.45, 7) is 2.01. The van der Waals surface area contributed by atoms with Gasteiger partial charge in [0.05, 0.1) is 0 Å². The molecule has 3 aromatic carbocycles. The van der Waals surface area contributed by atoms with E-state index in [1.165, 1.54) is 0 Å². The number of carbonyl (C=O) groups is 3. The lowest BCUT2D eigenvalue weighted by Crippen LogP contribution is -2.44. The Kier molecular flexibility index (Phi) is 6.69. The average molecular weight is 444 g/mol. The maximum absolute atomic E-state index is 12.6.